The molecule has 1 N–H and O–H groups in total. The van der Waals surface area contributed by atoms with Crippen LogP contribution in [0, 0.1) is 5.92 Å². The zero-order chi connectivity index (χ0) is 7.07. The lowest BCUT2D eigenvalue weighted by molar-refractivity contribution is 0.0310. The highest BCUT2D eigenvalue weighted by Gasteiger charge is 2.47. The molecule has 9 heavy (non-hydrogen) atoms. The number of hydrogen-bond acceptors (Lipinski definition) is 2. The van der Waals surface area contributed by atoms with Gasteiger partial charge < -0.3 is 9.84 Å². The van der Waals surface area contributed by atoms with Gasteiger partial charge in [0.05, 0.1) is 11.7 Å². The molecule has 0 aromatic carbocycles. The van der Waals surface area contributed by atoms with Crippen molar-refractivity contribution in [2.45, 2.75) is 32.0 Å². The molecule has 0 radical (unpaired) electrons. The number of hydrogen-bond donors (Lipinski definition) is 1. The molecule has 54 valence electrons. The normalized spacial score (nSPS) is 34.7. The summed E-state index contributed by atoms with van der Waals surface area (Å²) in [4.78, 5) is 0. The lowest BCUT2D eigenvalue weighted by Crippen LogP contribution is -2.23. The second-order valence-corrected chi connectivity index (χ2v) is 3.27. The van der Waals surface area contributed by atoms with Crippen molar-refractivity contribution in [2.75, 3.05) is 7.11 Å². The highest BCUT2D eigenvalue weighted by atomic mass is 16.5. The fourth-order valence-corrected chi connectivity index (χ4v) is 1.18. The van der Waals surface area contributed by atoms with Crippen LogP contribution >= 0.6 is 0 Å². The summed E-state index contributed by atoms with van der Waals surface area (Å²) in [6.45, 7) is 3.66. The van der Waals surface area contributed by atoms with E-state index >= 15 is 0 Å². The summed E-state index contributed by atoms with van der Waals surface area (Å²) in [5.41, 5.74) is -0.541. The van der Waals surface area contributed by atoms with Gasteiger partial charge in [-0.15, -0.1) is 0 Å². The van der Waals surface area contributed by atoms with E-state index in [4.69, 9.17) is 4.74 Å². The standard InChI is InChI=1S/C7H14O2/c1-7(2,8)5-4-6(5)9-3/h5-6,8H,4H2,1-3H3/t5-,6-/m1/s1. The molecule has 2 heteroatoms. The second kappa shape index (κ2) is 1.96. The molecule has 0 unspecified atom stereocenters. The van der Waals surface area contributed by atoms with E-state index in [2.05, 4.69) is 0 Å². The second-order valence-electron chi connectivity index (χ2n) is 3.27. The van der Waals surface area contributed by atoms with Crippen molar-refractivity contribution >= 4 is 0 Å². The van der Waals surface area contributed by atoms with E-state index in [0.717, 1.165) is 6.42 Å². The molecule has 1 fully saturated rings. The minimum absolute atomic E-state index is 0.310. The molecule has 0 heterocycles. The summed E-state index contributed by atoms with van der Waals surface area (Å²) in [6, 6.07) is 0. The maximum absolute atomic E-state index is 9.38. The molecule has 1 rings (SSSR count). The molecule has 0 aliphatic heterocycles. The summed E-state index contributed by atoms with van der Waals surface area (Å²) in [5.74, 6) is 0.363. The first-order valence-electron chi connectivity index (χ1n) is 3.31. The van der Waals surface area contributed by atoms with Crippen LogP contribution in [-0.4, -0.2) is 23.9 Å². The minimum Gasteiger partial charge on any atom is -0.390 e. The molecule has 1 saturated carbocycles. The summed E-state index contributed by atoms with van der Waals surface area (Å²) in [6.07, 6.45) is 1.32. The topological polar surface area (TPSA) is 29.5 Å². The van der Waals surface area contributed by atoms with Crippen molar-refractivity contribution in [1.82, 2.24) is 0 Å². The zero-order valence-corrected chi connectivity index (χ0v) is 6.22. The van der Waals surface area contributed by atoms with Crippen LogP contribution in [0.1, 0.15) is 20.3 Å². The van der Waals surface area contributed by atoms with E-state index in [1.54, 1.807) is 7.11 Å². The van der Waals surface area contributed by atoms with E-state index in [1.807, 2.05) is 13.8 Å². The molecule has 0 spiro atoms. The molecule has 2 atom stereocenters. The minimum atomic E-state index is -0.541. The third-order valence-electron chi connectivity index (χ3n) is 1.94. The number of methoxy groups -OCH3 is 1. The SMILES string of the molecule is CO[C@@H]1C[C@H]1C(C)(C)O. The smallest absolute Gasteiger partial charge is 0.0645 e. The fourth-order valence-electron chi connectivity index (χ4n) is 1.18. The van der Waals surface area contributed by atoms with E-state index in [1.165, 1.54) is 0 Å². The summed E-state index contributed by atoms with van der Waals surface area (Å²) in [7, 11) is 1.69. The first-order chi connectivity index (χ1) is 4.05. The van der Waals surface area contributed by atoms with Crippen LogP contribution in [-0.2, 0) is 4.74 Å². The molecular formula is C7H14O2. The van der Waals surface area contributed by atoms with Gasteiger partial charge in [-0.05, 0) is 20.3 Å². The highest BCUT2D eigenvalue weighted by molar-refractivity contribution is 4.97. The lowest BCUT2D eigenvalue weighted by atomic mass is 10.0. The predicted molar refractivity (Wildman–Crippen MR) is 35.2 cm³/mol. The molecule has 0 saturated heterocycles. The maximum Gasteiger partial charge on any atom is 0.0645 e. The largest absolute Gasteiger partial charge is 0.390 e. The molecule has 2 nitrogen and oxygen atoms in total. The van der Waals surface area contributed by atoms with Crippen LogP contribution < -0.4 is 0 Å². The van der Waals surface area contributed by atoms with Crippen LogP contribution in [0.15, 0.2) is 0 Å². The Morgan fingerprint density at radius 3 is 2.22 bits per heavy atom. The molecule has 1 aliphatic rings. The summed E-state index contributed by atoms with van der Waals surface area (Å²) in [5, 5.41) is 9.38. The molecule has 0 aromatic heterocycles. The zero-order valence-electron chi connectivity index (χ0n) is 6.22. The van der Waals surface area contributed by atoms with Crippen molar-refractivity contribution in [3.05, 3.63) is 0 Å². The summed E-state index contributed by atoms with van der Waals surface area (Å²) < 4.78 is 5.04. The van der Waals surface area contributed by atoms with Crippen molar-refractivity contribution in [3.63, 3.8) is 0 Å². The van der Waals surface area contributed by atoms with Crippen molar-refractivity contribution in [2.24, 2.45) is 5.92 Å². The first-order valence-corrected chi connectivity index (χ1v) is 3.31. The van der Waals surface area contributed by atoms with Gasteiger partial charge in [0, 0.05) is 13.0 Å². The van der Waals surface area contributed by atoms with Gasteiger partial charge in [-0.1, -0.05) is 0 Å². The third-order valence-corrected chi connectivity index (χ3v) is 1.94. The Bertz CT molecular complexity index is 104. The molecule has 0 aromatic rings. The van der Waals surface area contributed by atoms with Crippen LogP contribution in [0.5, 0.6) is 0 Å². The number of aliphatic hydroxyl groups is 1. The van der Waals surface area contributed by atoms with Crippen LogP contribution in [0.3, 0.4) is 0 Å². The molecule has 1 aliphatic carbocycles. The van der Waals surface area contributed by atoms with Crippen LogP contribution in [0.25, 0.3) is 0 Å². The molecule has 0 bridgehead atoms. The van der Waals surface area contributed by atoms with Crippen molar-refractivity contribution in [3.8, 4) is 0 Å². The Morgan fingerprint density at radius 1 is 1.56 bits per heavy atom. The Balaban J connectivity index is 2.33. The molecule has 0 amide bonds. The fraction of sp³-hybridized carbons (Fsp3) is 1.00. The number of rotatable bonds is 2. The summed E-state index contributed by atoms with van der Waals surface area (Å²) >= 11 is 0. The van der Waals surface area contributed by atoms with E-state index in [9.17, 15) is 5.11 Å². The Kier molecular flexibility index (Phi) is 1.53. The monoisotopic (exact) mass is 130 g/mol. The van der Waals surface area contributed by atoms with Crippen LogP contribution in [0.4, 0.5) is 0 Å². The number of ether oxygens (including phenoxy) is 1. The van der Waals surface area contributed by atoms with Crippen molar-refractivity contribution < 1.29 is 9.84 Å². The van der Waals surface area contributed by atoms with Gasteiger partial charge in [0.2, 0.25) is 0 Å². The van der Waals surface area contributed by atoms with Crippen molar-refractivity contribution in [1.29, 1.82) is 0 Å². The van der Waals surface area contributed by atoms with Gasteiger partial charge in [0.15, 0.2) is 0 Å². The van der Waals surface area contributed by atoms with Crippen LogP contribution in [0.2, 0.25) is 0 Å². The third kappa shape index (κ3) is 1.43. The van der Waals surface area contributed by atoms with Gasteiger partial charge in [0.1, 0.15) is 0 Å². The van der Waals surface area contributed by atoms with Gasteiger partial charge in [-0.2, -0.15) is 0 Å². The van der Waals surface area contributed by atoms with E-state index in [-0.39, 0.29) is 0 Å². The molecular weight excluding hydrogens is 116 g/mol. The van der Waals surface area contributed by atoms with Gasteiger partial charge >= 0.3 is 0 Å². The predicted octanol–water partition coefficient (Wildman–Crippen LogP) is 0.792. The highest BCUT2D eigenvalue weighted by Crippen LogP contribution is 2.41. The Morgan fingerprint density at radius 2 is 2.11 bits per heavy atom. The van der Waals surface area contributed by atoms with E-state index in [0.29, 0.717) is 12.0 Å². The maximum atomic E-state index is 9.38. The Hall–Kier alpha value is -0.0800. The average Bonchev–Trinajstić information content (AvgIpc) is 2.39. The van der Waals surface area contributed by atoms with E-state index < -0.39 is 5.60 Å². The van der Waals surface area contributed by atoms with Gasteiger partial charge in [-0.3, -0.25) is 0 Å². The quantitative estimate of drug-likeness (QED) is 0.599. The van der Waals surface area contributed by atoms with Gasteiger partial charge in [-0.25, -0.2) is 0 Å². The Labute approximate surface area is 55.8 Å². The lowest BCUT2D eigenvalue weighted by Gasteiger charge is -2.15. The van der Waals surface area contributed by atoms with Gasteiger partial charge in [0.25, 0.3) is 0 Å². The first kappa shape index (κ1) is 7.03. The average molecular weight is 130 g/mol.